The molecular weight excluding hydrogens is 300 g/mol. The summed E-state index contributed by atoms with van der Waals surface area (Å²) >= 11 is 3.95. The largest absolute Gasteiger partial charge is 2.00 e. The second-order valence-corrected chi connectivity index (χ2v) is 3.23. The molecule has 0 unspecified atom stereocenters. The molecule has 1 aromatic rings. The number of hydrogen-bond acceptors (Lipinski definition) is 6. The number of hydrogen-bond donors (Lipinski definition) is 1. The van der Waals surface area contributed by atoms with Crippen molar-refractivity contribution in [2.75, 3.05) is 0 Å². The third kappa shape index (κ3) is 2.18. The number of benzene rings is 1. The Morgan fingerprint density at radius 1 is 0.556 bits per heavy atom. The van der Waals surface area contributed by atoms with Crippen molar-refractivity contribution in [2.24, 2.45) is 0 Å². The first-order valence-electron chi connectivity index (χ1n) is 4.09. The van der Waals surface area contributed by atoms with E-state index in [0.29, 0.717) is 0 Å². The fourth-order valence-electron chi connectivity index (χ4n) is 1.29. The molecule has 0 bridgehead atoms. The van der Waals surface area contributed by atoms with Gasteiger partial charge >= 0.3 is 19.5 Å². The van der Waals surface area contributed by atoms with Crippen molar-refractivity contribution >= 4 is 12.6 Å². The molecule has 0 fully saturated rings. The van der Waals surface area contributed by atoms with Gasteiger partial charge in [0.2, 0.25) is 0 Å². The molecule has 7 heteroatoms. The van der Waals surface area contributed by atoms with Crippen molar-refractivity contribution in [3.05, 3.63) is 27.8 Å². The van der Waals surface area contributed by atoms with E-state index in [1.807, 2.05) is 0 Å². The molecule has 76 valence electrons. The van der Waals surface area contributed by atoms with Crippen LogP contribution < -0.4 is 0 Å². The van der Waals surface area contributed by atoms with Gasteiger partial charge in [-0.05, 0) is 0 Å². The third-order valence-electron chi connectivity index (χ3n) is 2.03. The summed E-state index contributed by atoms with van der Waals surface area (Å²) in [6, 6.07) is 8.43. The molecule has 0 amide bonds. The van der Waals surface area contributed by atoms with Gasteiger partial charge in [0.05, 0.1) is 27.8 Å². The van der Waals surface area contributed by atoms with Crippen LogP contribution in [-0.2, 0) is 19.5 Å². The van der Waals surface area contributed by atoms with E-state index in [2.05, 4.69) is 12.6 Å². The van der Waals surface area contributed by atoms with Crippen LogP contribution in [0.4, 0.5) is 0 Å². The average molecular weight is 301 g/mol. The first-order valence-corrected chi connectivity index (χ1v) is 4.54. The molecular formula is C11HN5SZn+2. The maximum absolute atomic E-state index is 8.90. The van der Waals surface area contributed by atoms with Crippen LogP contribution in [0.3, 0.4) is 0 Å². The van der Waals surface area contributed by atoms with Crippen molar-refractivity contribution in [1.82, 2.24) is 0 Å². The predicted molar refractivity (Wildman–Crippen MR) is 57.3 cm³/mol. The first-order chi connectivity index (χ1) is 8.15. The van der Waals surface area contributed by atoms with E-state index in [-0.39, 0.29) is 52.2 Å². The molecule has 1 aromatic carbocycles. The van der Waals surface area contributed by atoms with E-state index < -0.39 is 0 Å². The topological polar surface area (TPSA) is 119 Å². The molecule has 0 aliphatic carbocycles. The Labute approximate surface area is 121 Å². The average Bonchev–Trinajstić information content (AvgIpc) is 2.36. The second kappa shape index (κ2) is 6.40. The van der Waals surface area contributed by atoms with Gasteiger partial charge in [-0.3, -0.25) is 0 Å². The Morgan fingerprint density at radius 3 is 1.00 bits per heavy atom. The number of nitrogens with zero attached hydrogens (tertiary/aromatic N) is 5. The normalized spacial score (nSPS) is 7.56. The van der Waals surface area contributed by atoms with Crippen molar-refractivity contribution in [1.29, 1.82) is 26.3 Å². The van der Waals surface area contributed by atoms with Gasteiger partial charge in [-0.1, -0.05) is 0 Å². The molecule has 0 atom stereocenters. The molecule has 18 heavy (non-hydrogen) atoms. The van der Waals surface area contributed by atoms with Gasteiger partial charge in [0.1, 0.15) is 30.3 Å². The molecule has 0 saturated carbocycles. The monoisotopic (exact) mass is 299 g/mol. The van der Waals surface area contributed by atoms with Gasteiger partial charge in [-0.2, -0.15) is 26.3 Å². The summed E-state index contributed by atoms with van der Waals surface area (Å²) < 4.78 is 0. The Balaban J connectivity index is 0.00000289. The molecule has 0 aliphatic rings. The second-order valence-electron chi connectivity index (χ2n) is 2.78. The van der Waals surface area contributed by atoms with Crippen molar-refractivity contribution in [3.8, 4) is 30.3 Å². The maximum atomic E-state index is 8.90. The maximum Gasteiger partial charge on any atom is 2.00 e. The van der Waals surface area contributed by atoms with Gasteiger partial charge in [0.15, 0.2) is 0 Å². The van der Waals surface area contributed by atoms with Crippen LogP contribution in [0.1, 0.15) is 27.8 Å². The molecule has 0 spiro atoms. The standard InChI is InChI=1S/C11HN5S.Zn/c12-1-6-7(2-13)9(4-15)11(17)10(5-16)8(6)3-14;/h17H;/q;+2. The van der Waals surface area contributed by atoms with Crippen molar-refractivity contribution in [3.63, 3.8) is 0 Å². The van der Waals surface area contributed by atoms with Crippen LogP contribution in [-0.4, -0.2) is 0 Å². The molecule has 0 heterocycles. The molecule has 0 aliphatic heterocycles. The SMILES string of the molecule is N#Cc1c(S)c(C#N)c(C#N)c(C#N)c1C#N.[Zn+2]. The van der Waals surface area contributed by atoms with Gasteiger partial charge in [0, 0.05) is 4.90 Å². The zero-order valence-electron chi connectivity index (χ0n) is 8.89. The quantitative estimate of drug-likeness (QED) is 0.572. The minimum absolute atomic E-state index is 0. The van der Waals surface area contributed by atoms with Crippen molar-refractivity contribution < 1.29 is 19.5 Å². The summed E-state index contributed by atoms with van der Waals surface area (Å²) in [5.74, 6) is 0. The number of rotatable bonds is 0. The molecule has 0 radical (unpaired) electrons. The van der Waals surface area contributed by atoms with Gasteiger partial charge < -0.3 is 0 Å². The molecule has 1 rings (SSSR count). The summed E-state index contributed by atoms with van der Waals surface area (Å²) in [5, 5.41) is 44.4. The third-order valence-corrected chi connectivity index (χ3v) is 2.48. The Bertz CT molecular complexity index is 666. The van der Waals surface area contributed by atoms with Crippen molar-refractivity contribution in [2.45, 2.75) is 4.90 Å². The Morgan fingerprint density at radius 2 is 0.778 bits per heavy atom. The number of thiol groups is 1. The molecule has 0 saturated heterocycles. The van der Waals surface area contributed by atoms with E-state index in [4.69, 9.17) is 26.3 Å². The summed E-state index contributed by atoms with van der Waals surface area (Å²) in [6.07, 6.45) is 0. The van der Waals surface area contributed by atoms with Gasteiger partial charge in [-0.25, -0.2) is 0 Å². The zero-order valence-corrected chi connectivity index (χ0v) is 12.8. The minimum atomic E-state index is -0.263. The summed E-state index contributed by atoms with van der Waals surface area (Å²) in [5.41, 5.74) is -1.04. The van der Waals surface area contributed by atoms with Crippen LogP contribution >= 0.6 is 12.6 Å². The van der Waals surface area contributed by atoms with Crippen LogP contribution in [0.15, 0.2) is 4.90 Å². The van der Waals surface area contributed by atoms with E-state index in [1.54, 1.807) is 30.3 Å². The Kier molecular flexibility index (Phi) is 5.56. The number of nitriles is 5. The predicted octanol–water partition coefficient (Wildman–Crippen LogP) is 1.33. The van der Waals surface area contributed by atoms with Crippen LogP contribution in [0.5, 0.6) is 0 Å². The van der Waals surface area contributed by atoms with E-state index >= 15 is 0 Å². The fraction of sp³-hybridized carbons (Fsp3) is 0. The van der Waals surface area contributed by atoms with Crippen LogP contribution in [0.25, 0.3) is 0 Å². The van der Waals surface area contributed by atoms with Crippen LogP contribution in [0.2, 0.25) is 0 Å². The van der Waals surface area contributed by atoms with Gasteiger partial charge in [-0.15, -0.1) is 12.6 Å². The minimum Gasteiger partial charge on any atom is -0.192 e. The molecule has 0 N–H and O–H groups in total. The zero-order chi connectivity index (χ0) is 13.0. The fourth-order valence-corrected chi connectivity index (χ4v) is 1.61. The molecule has 0 aromatic heterocycles. The smallest absolute Gasteiger partial charge is 0.192 e. The molecule has 5 nitrogen and oxygen atoms in total. The van der Waals surface area contributed by atoms with E-state index in [1.165, 1.54) is 0 Å². The first kappa shape index (κ1) is 15.6. The van der Waals surface area contributed by atoms with Gasteiger partial charge in [0.25, 0.3) is 0 Å². The van der Waals surface area contributed by atoms with E-state index in [9.17, 15) is 0 Å². The van der Waals surface area contributed by atoms with Crippen LogP contribution in [0, 0.1) is 56.7 Å². The summed E-state index contributed by atoms with van der Waals surface area (Å²) in [7, 11) is 0. The Hall–Kier alpha value is -2.36. The summed E-state index contributed by atoms with van der Waals surface area (Å²) in [4.78, 5) is -0.0536. The summed E-state index contributed by atoms with van der Waals surface area (Å²) in [6.45, 7) is 0. The van der Waals surface area contributed by atoms with E-state index in [0.717, 1.165) is 0 Å².